The van der Waals surface area contributed by atoms with Crippen molar-refractivity contribution in [2.75, 3.05) is 5.75 Å². The Morgan fingerprint density at radius 1 is 1.10 bits per heavy atom. The zero-order valence-corrected chi connectivity index (χ0v) is 12.1. The molecule has 1 heteroatoms. The number of fused-ring (bicyclic) bond motifs is 1. The number of rotatable bonds is 2. The van der Waals surface area contributed by atoms with Crippen molar-refractivity contribution >= 4 is 17.3 Å². The van der Waals surface area contributed by atoms with Gasteiger partial charge in [0.25, 0.3) is 0 Å². The van der Waals surface area contributed by atoms with Gasteiger partial charge in [0.15, 0.2) is 0 Å². The van der Waals surface area contributed by atoms with Gasteiger partial charge in [-0.2, -0.15) is 0 Å². The minimum absolute atomic E-state index is 0.125. The highest BCUT2D eigenvalue weighted by Crippen LogP contribution is 2.45. The van der Waals surface area contributed by atoms with Crippen molar-refractivity contribution in [3.63, 3.8) is 0 Å². The molecule has 1 aliphatic rings. The predicted molar refractivity (Wildman–Crippen MR) is 87.7 cm³/mol. The number of hydrogen-bond donors (Lipinski definition) is 0. The summed E-state index contributed by atoms with van der Waals surface area (Å²) in [5.41, 5.74) is 3.61. The van der Waals surface area contributed by atoms with Crippen LogP contribution in [0.15, 0.2) is 66.1 Å². The number of terminal acetylenes is 1. The average Bonchev–Trinajstić information content (AvgIpc) is 2.54. The molecule has 0 saturated heterocycles. The first-order chi connectivity index (χ1) is 9.81. The first-order valence-corrected chi connectivity index (χ1v) is 7.72. The van der Waals surface area contributed by atoms with E-state index in [2.05, 4.69) is 61.0 Å². The van der Waals surface area contributed by atoms with Crippen molar-refractivity contribution in [1.82, 2.24) is 0 Å². The molecule has 0 bridgehead atoms. The Balaban J connectivity index is 1.96. The third kappa shape index (κ3) is 2.28. The van der Waals surface area contributed by atoms with Crippen LogP contribution < -0.4 is 0 Å². The molecule has 2 aromatic rings. The smallest absolute Gasteiger partial charge is 0.0537 e. The molecule has 0 radical (unpaired) electrons. The molecule has 0 N–H and O–H groups in total. The van der Waals surface area contributed by atoms with Crippen molar-refractivity contribution in [3.05, 3.63) is 72.3 Å². The molecule has 0 aliphatic carbocycles. The first kappa shape index (κ1) is 13.1. The van der Waals surface area contributed by atoms with Crippen LogP contribution in [-0.4, -0.2) is 5.75 Å². The van der Waals surface area contributed by atoms with E-state index in [1.165, 1.54) is 16.0 Å². The Hall–Kier alpha value is -1.91. The lowest BCUT2D eigenvalue weighted by molar-refractivity contribution is 0.666. The predicted octanol–water partition coefficient (Wildman–Crippen LogP) is 4.84. The molecule has 1 unspecified atom stereocenters. The first-order valence-electron chi connectivity index (χ1n) is 6.73. The summed E-state index contributed by atoms with van der Waals surface area (Å²) in [4.78, 5) is 1.31. The molecule has 0 aromatic heterocycles. The summed E-state index contributed by atoms with van der Waals surface area (Å²) in [6.07, 6.45) is 5.82. The van der Waals surface area contributed by atoms with Crippen molar-refractivity contribution < 1.29 is 0 Å². The minimum Gasteiger partial charge on any atom is -0.125 e. The fourth-order valence-electron chi connectivity index (χ4n) is 2.74. The van der Waals surface area contributed by atoms with Gasteiger partial charge >= 0.3 is 0 Å². The number of hydrogen-bond acceptors (Lipinski definition) is 1. The lowest BCUT2D eigenvalue weighted by Crippen LogP contribution is -2.20. The quantitative estimate of drug-likeness (QED) is 0.707. The van der Waals surface area contributed by atoms with Crippen LogP contribution >= 0.6 is 11.8 Å². The van der Waals surface area contributed by atoms with E-state index in [0.717, 1.165) is 11.3 Å². The summed E-state index contributed by atoms with van der Waals surface area (Å²) in [5, 5.41) is 0. The van der Waals surface area contributed by atoms with Crippen molar-refractivity contribution in [1.29, 1.82) is 0 Å². The van der Waals surface area contributed by atoms with Crippen molar-refractivity contribution in [3.8, 4) is 12.3 Å². The molecule has 0 spiro atoms. The monoisotopic (exact) mass is 276 g/mol. The third-order valence-electron chi connectivity index (χ3n) is 3.85. The summed E-state index contributed by atoms with van der Waals surface area (Å²) >= 11 is 1.88. The van der Waals surface area contributed by atoms with Gasteiger partial charge < -0.3 is 0 Å². The third-order valence-corrected chi connectivity index (χ3v) is 5.06. The second-order valence-corrected chi connectivity index (χ2v) is 6.05. The van der Waals surface area contributed by atoms with E-state index in [-0.39, 0.29) is 5.92 Å². The molecular formula is C19H16S. The molecular weight excluding hydrogens is 260 g/mol. The van der Waals surface area contributed by atoms with Crippen LogP contribution in [0.25, 0.3) is 5.57 Å². The number of allylic oxidation sites excluding steroid dienone is 1. The highest BCUT2D eigenvalue weighted by molar-refractivity contribution is 7.99. The number of thioether (sulfide) groups is 1. The lowest BCUT2D eigenvalue weighted by atomic mass is 9.80. The van der Waals surface area contributed by atoms with Crippen molar-refractivity contribution in [2.24, 2.45) is 5.92 Å². The summed E-state index contributed by atoms with van der Waals surface area (Å²) in [6, 6.07) is 18.8. The van der Waals surface area contributed by atoms with E-state index in [0.29, 0.717) is 5.92 Å². The molecule has 2 atom stereocenters. The van der Waals surface area contributed by atoms with Gasteiger partial charge in [0.1, 0.15) is 0 Å². The Bertz CT molecular complexity index is 664. The molecule has 98 valence electrons. The SMILES string of the molecule is C#CC1c2ccccc2SC[C@@H]1C(=C)c1ccccc1. The van der Waals surface area contributed by atoms with Gasteiger partial charge in [-0.1, -0.05) is 61.0 Å². The molecule has 2 aromatic carbocycles. The topological polar surface area (TPSA) is 0 Å². The molecule has 0 nitrogen and oxygen atoms in total. The van der Waals surface area contributed by atoms with E-state index >= 15 is 0 Å². The zero-order valence-electron chi connectivity index (χ0n) is 11.3. The second-order valence-electron chi connectivity index (χ2n) is 4.99. The fraction of sp³-hybridized carbons (Fsp3) is 0.158. The lowest BCUT2D eigenvalue weighted by Gasteiger charge is -2.31. The van der Waals surface area contributed by atoms with Gasteiger partial charge in [-0.15, -0.1) is 18.2 Å². The molecule has 0 saturated carbocycles. The Kier molecular flexibility index (Phi) is 3.67. The molecule has 0 fully saturated rings. The van der Waals surface area contributed by atoms with Crippen LogP contribution in [0.1, 0.15) is 17.0 Å². The molecule has 3 rings (SSSR count). The van der Waals surface area contributed by atoms with Gasteiger partial charge in [0.05, 0.1) is 5.92 Å². The maximum absolute atomic E-state index is 5.82. The van der Waals surface area contributed by atoms with E-state index in [9.17, 15) is 0 Å². The largest absolute Gasteiger partial charge is 0.125 e. The Labute approximate surface area is 124 Å². The van der Waals surface area contributed by atoms with Crippen LogP contribution in [0.5, 0.6) is 0 Å². The van der Waals surface area contributed by atoms with Crippen LogP contribution in [-0.2, 0) is 0 Å². The Morgan fingerprint density at radius 2 is 1.80 bits per heavy atom. The summed E-state index contributed by atoms with van der Waals surface area (Å²) < 4.78 is 0. The highest BCUT2D eigenvalue weighted by Gasteiger charge is 2.30. The molecule has 1 aliphatic heterocycles. The van der Waals surface area contributed by atoms with Gasteiger partial charge in [-0.25, -0.2) is 0 Å². The van der Waals surface area contributed by atoms with Crippen LogP contribution in [0.3, 0.4) is 0 Å². The maximum Gasteiger partial charge on any atom is 0.0537 e. The zero-order chi connectivity index (χ0) is 13.9. The standard InChI is InChI=1S/C19H16S/c1-3-16-17-11-7-8-12-19(17)20-13-18(16)14(2)15-9-5-4-6-10-15/h1,4-12,16,18H,2,13H2/t16?,18-/m1/s1. The van der Waals surface area contributed by atoms with Gasteiger partial charge in [-0.05, 0) is 22.8 Å². The van der Waals surface area contributed by atoms with Crippen LogP contribution in [0.4, 0.5) is 0 Å². The van der Waals surface area contributed by atoms with Gasteiger partial charge in [0.2, 0.25) is 0 Å². The van der Waals surface area contributed by atoms with E-state index in [1.807, 2.05) is 17.8 Å². The summed E-state index contributed by atoms with van der Waals surface area (Å²) in [5.74, 6) is 4.42. The highest BCUT2D eigenvalue weighted by atomic mass is 32.2. The summed E-state index contributed by atoms with van der Waals surface area (Å²) in [7, 11) is 0. The Morgan fingerprint density at radius 3 is 2.55 bits per heavy atom. The van der Waals surface area contributed by atoms with E-state index < -0.39 is 0 Å². The average molecular weight is 276 g/mol. The minimum atomic E-state index is 0.125. The number of benzene rings is 2. The fourth-order valence-corrected chi connectivity index (χ4v) is 4.02. The molecule has 0 amide bonds. The van der Waals surface area contributed by atoms with E-state index in [1.54, 1.807) is 0 Å². The maximum atomic E-state index is 5.82. The van der Waals surface area contributed by atoms with Crippen molar-refractivity contribution in [2.45, 2.75) is 10.8 Å². The van der Waals surface area contributed by atoms with Crippen LogP contribution in [0.2, 0.25) is 0 Å². The van der Waals surface area contributed by atoms with Gasteiger partial charge in [0, 0.05) is 16.6 Å². The van der Waals surface area contributed by atoms with Crippen LogP contribution in [0, 0.1) is 18.3 Å². The van der Waals surface area contributed by atoms with Gasteiger partial charge in [-0.3, -0.25) is 0 Å². The second kappa shape index (κ2) is 5.61. The molecule has 1 heterocycles. The molecule has 20 heavy (non-hydrogen) atoms. The normalized spacial score (nSPS) is 20.8. The van der Waals surface area contributed by atoms with E-state index in [4.69, 9.17) is 6.42 Å². The summed E-state index contributed by atoms with van der Waals surface area (Å²) in [6.45, 7) is 4.31.